The lowest BCUT2D eigenvalue weighted by atomic mass is 9.76. The van der Waals surface area contributed by atoms with Crippen molar-refractivity contribution in [3.05, 3.63) is 34.1 Å². The second-order valence-electron chi connectivity index (χ2n) is 5.69. The van der Waals surface area contributed by atoms with Crippen molar-refractivity contribution >= 4 is 27.8 Å². The standard InChI is InChI=1S/C15H17BrFNO3/c1-9(2)15(14(20)21)6-7-18(8-15)13(19)12-10(16)4-3-5-11(12)17/h3-5,9H,6-8H2,1-2H3,(H,20,21). The van der Waals surface area contributed by atoms with Crippen molar-refractivity contribution in [1.29, 1.82) is 0 Å². The smallest absolute Gasteiger partial charge is 0.311 e. The molecule has 1 atom stereocenters. The fourth-order valence-corrected chi connectivity index (χ4v) is 3.27. The molecule has 6 heteroatoms. The molecule has 1 aliphatic heterocycles. The zero-order valence-corrected chi connectivity index (χ0v) is 13.5. The first-order valence-corrected chi connectivity index (χ1v) is 7.55. The van der Waals surface area contributed by atoms with Crippen molar-refractivity contribution in [3.8, 4) is 0 Å². The van der Waals surface area contributed by atoms with Crippen LogP contribution in [0.2, 0.25) is 0 Å². The van der Waals surface area contributed by atoms with Crippen LogP contribution in [0.3, 0.4) is 0 Å². The summed E-state index contributed by atoms with van der Waals surface area (Å²) in [6.45, 7) is 4.10. The molecule has 1 saturated heterocycles. The molecule has 1 heterocycles. The molecule has 1 aromatic carbocycles. The van der Waals surface area contributed by atoms with E-state index in [0.29, 0.717) is 17.4 Å². The van der Waals surface area contributed by atoms with Gasteiger partial charge in [-0.15, -0.1) is 0 Å². The summed E-state index contributed by atoms with van der Waals surface area (Å²) in [5.74, 6) is -2.08. The molecule has 4 nitrogen and oxygen atoms in total. The number of rotatable bonds is 3. The highest BCUT2D eigenvalue weighted by Gasteiger charge is 2.48. The van der Waals surface area contributed by atoms with E-state index in [1.165, 1.54) is 17.0 Å². The highest BCUT2D eigenvalue weighted by molar-refractivity contribution is 9.10. The molecule has 1 amide bonds. The number of hydrogen-bond donors (Lipinski definition) is 1. The monoisotopic (exact) mass is 357 g/mol. The molecule has 1 aliphatic rings. The Morgan fingerprint density at radius 1 is 1.43 bits per heavy atom. The van der Waals surface area contributed by atoms with Crippen LogP contribution in [-0.4, -0.2) is 35.0 Å². The minimum atomic E-state index is -0.951. The Bertz CT molecular complexity index is 570. The number of nitrogens with zero attached hydrogens (tertiary/aromatic N) is 1. The third kappa shape index (κ3) is 2.69. The van der Waals surface area contributed by atoms with Gasteiger partial charge in [-0.05, 0) is 40.4 Å². The number of likely N-dealkylation sites (tertiary alicyclic amines) is 1. The predicted octanol–water partition coefficient (Wildman–Crippen LogP) is 3.16. The third-order valence-corrected chi connectivity index (χ3v) is 4.96. The predicted molar refractivity (Wildman–Crippen MR) is 79.5 cm³/mol. The van der Waals surface area contributed by atoms with Gasteiger partial charge in [-0.2, -0.15) is 0 Å². The topological polar surface area (TPSA) is 57.6 Å². The van der Waals surface area contributed by atoms with E-state index in [1.807, 2.05) is 13.8 Å². The van der Waals surface area contributed by atoms with E-state index >= 15 is 0 Å². The van der Waals surface area contributed by atoms with Gasteiger partial charge in [0.2, 0.25) is 0 Å². The summed E-state index contributed by atoms with van der Waals surface area (Å²) in [6, 6.07) is 4.33. The normalized spacial score (nSPS) is 21.9. The van der Waals surface area contributed by atoms with E-state index in [-0.39, 0.29) is 18.0 Å². The summed E-state index contributed by atoms with van der Waals surface area (Å²) in [6.07, 6.45) is 0.387. The quantitative estimate of drug-likeness (QED) is 0.903. The van der Waals surface area contributed by atoms with Gasteiger partial charge in [0, 0.05) is 17.6 Å². The molecule has 21 heavy (non-hydrogen) atoms. The maximum atomic E-state index is 13.9. The average molecular weight is 358 g/mol. The van der Waals surface area contributed by atoms with Crippen LogP contribution in [0.15, 0.2) is 22.7 Å². The summed E-state index contributed by atoms with van der Waals surface area (Å²) in [7, 11) is 0. The Morgan fingerprint density at radius 2 is 2.10 bits per heavy atom. The van der Waals surface area contributed by atoms with Crippen LogP contribution >= 0.6 is 15.9 Å². The van der Waals surface area contributed by atoms with Gasteiger partial charge in [-0.25, -0.2) is 4.39 Å². The maximum Gasteiger partial charge on any atom is 0.311 e. The number of amides is 1. The van der Waals surface area contributed by atoms with Crippen molar-refractivity contribution < 1.29 is 19.1 Å². The van der Waals surface area contributed by atoms with Crippen molar-refractivity contribution in [1.82, 2.24) is 4.90 Å². The molecule has 1 aromatic rings. The van der Waals surface area contributed by atoms with Crippen LogP contribution in [0.4, 0.5) is 4.39 Å². The van der Waals surface area contributed by atoms with Crippen molar-refractivity contribution in [2.45, 2.75) is 20.3 Å². The van der Waals surface area contributed by atoms with Crippen LogP contribution in [0.25, 0.3) is 0 Å². The van der Waals surface area contributed by atoms with Crippen LogP contribution in [0.5, 0.6) is 0 Å². The van der Waals surface area contributed by atoms with Gasteiger partial charge in [0.25, 0.3) is 5.91 Å². The lowest BCUT2D eigenvalue weighted by Gasteiger charge is -2.28. The van der Waals surface area contributed by atoms with Crippen LogP contribution in [0, 0.1) is 17.2 Å². The average Bonchev–Trinajstić information content (AvgIpc) is 2.84. The number of halogens is 2. The summed E-state index contributed by atoms with van der Waals surface area (Å²) >= 11 is 3.18. The van der Waals surface area contributed by atoms with Crippen molar-refractivity contribution in [2.75, 3.05) is 13.1 Å². The number of hydrogen-bond acceptors (Lipinski definition) is 2. The number of carboxylic acid groups (broad SMARTS) is 1. The van der Waals surface area contributed by atoms with Crippen LogP contribution < -0.4 is 0 Å². The molecule has 0 aliphatic carbocycles. The Kier molecular flexibility index (Phi) is 4.37. The number of aliphatic carboxylic acids is 1. The van der Waals surface area contributed by atoms with Gasteiger partial charge >= 0.3 is 5.97 Å². The van der Waals surface area contributed by atoms with E-state index in [1.54, 1.807) is 6.07 Å². The zero-order valence-electron chi connectivity index (χ0n) is 11.9. The van der Waals surface area contributed by atoms with Gasteiger partial charge in [0.05, 0.1) is 11.0 Å². The Labute approximate surface area is 131 Å². The van der Waals surface area contributed by atoms with E-state index in [0.717, 1.165) is 0 Å². The van der Waals surface area contributed by atoms with Crippen molar-refractivity contribution in [3.63, 3.8) is 0 Å². The van der Waals surface area contributed by atoms with E-state index in [9.17, 15) is 19.1 Å². The Morgan fingerprint density at radius 3 is 2.57 bits per heavy atom. The third-order valence-electron chi connectivity index (χ3n) is 4.30. The molecule has 1 unspecified atom stereocenters. The molecule has 114 valence electrons. The second-order valence-corrected chi connectivity index (χ2v) is 6.54. The molecule has 2 rings (SSSR count). The Balaban J connectivity index is 2.29. The highest BCUT2D eigenvalue weighted by Crippen LogP contribution is 2.39. The van der Waals surface area contributed by atoms with Gasteiger partial charge in [0.15, 0.2) is 0 Å². The van der Waals surface area contributed by atoms with Crippen LogP contribution in [0.1, 0.15) is 30.6 Å². The lowest BCUT2D eigenvalue weighted by molar-refractivity contribution is -0.150. The van der Waals surface area contributed by atoms with E-state index in [4.69, 9.17) is 0 Å². The summed E-state index contributed by atoms with van der Waals surface area (Å²) in [5.41, 5.74) is -0.990. The van der Waals surface area contributed by atoms with Gasteiger partial charge in [0.1, 0.15) is 5.82 Å². The molecular weight excluding hydrogens is 341 g/mol. The second kappa shape index (κ2) is 5.75. The summed E-state index contributed by atoms with van der Waals surface area (Å²) < 4.78 is 14.2. The largest absolute Gasteiger partial charge is 0.481 e. The fraction of sp³-hybridized carbons (Fsp3) is 0.467. The lowest BCUT2D eigenvalue weighted by Crippen LogP contribution is -2.40. The van der Waals surface area contributed by atoms with Crippen molar-refractivity contribution in [2.24, 2.45) is 11.3 Å². The van der Waals surface area contributed by atoms with Crippen LogP contribution in [-0.2, 0) is 4.79 Å². The number of carboxylic acids is 1. The first-order valence-electron chi connectivity index (χ1n) is 6.76. The minimum absolute atomic E-state index is 0.0394. The molecule has 0 spiro atoms. The number of carbonyl (C=O) groups is 2. The highest BCUT2D eigenvalue weighted by atomic mass is 79.9. The fourth-order valence-electron chi connectivity index (χ4n) is 2.76. The SMILES string of the molecule is CC(C)C1(C(=O)O)CCN(C(=O)c2c(F)cccc2Br)C1. The van der Waals surface area contributed by atoms with Gasteiger partial charge in [-0.1, -0.05) is 19.9 Å². The molecule has 0 aromatic heterocycles. The molecule has 1 fully saturated rings. The molecule has 1 N–H and O–H groups in total. The van der Waals surface area contributed by atoms with Gasteiger partial charge < -0.3 is 10.0 Å². The molecule has 0 radical (unpaired) electrons. The van der Waals surface area contributed by atoms with Gasteiger partial charge in [-0.3, -0.25) is 9.59 Å². The molecular formula is C15H17BrFNO3. The first kappa shape index (κ1) is 15.9. The molecule has 0 bridgehead atoms. The first-order chi connectivity index (χ1) is 9.79. The summed E-state index contributed by atoms with van der Waals surface area (Å²) in [4.78, 5) is 25.5. The number of carbonyl (C=O) groups excluding carboxylic acids is 1. The number of benzene rings is 1. The summed E-state index contributed by atoms with van der Waals surface area (Å²) in [5, 5.41) is 9.49. The maximum absolute atomic E-state index is 13.9. The minimum Gasteiger partial charge on any atom is -0.481 e. The van der Waals surface area contributed by atoms with E-state index in [2.05, 4.69) is 15.9 Å². The molecule has 0 saturated carbocycles. The zero-order chi connectivity index (χ0) is 15.8. The van der Waals surface area contributed by atoms with E-state index < -0.39 is 23.1 Å². The Hall–Kier alpha value is -1.43.